The normalized spacial score (nSPS) is 14.4. The van der Waals surface area contributed by atoms with Crippen LogP contribution in [0.4, 0.5) is 0 Å². The van der Waals surface area contributed by atoms with E-state index in [9.17, 15) is 9.59 Å². The second kappa shape index (κ2) is 7.64. The first-order chi connectivity index (χ1) is 12.5. The minimum absolute atomic E-state index is 0.0260. The molecule has 1 saturated heterocycles. The van der Waals surface area contributed by atoms with Crippen LogP contribution in [0.15, 0.2) is 36.7 Å². The molecule has 2 amide bonds. The molecule has 3 rings (SSSR count). The number of benzene rings is 1. The molecule has 0 saturated carbocycles. The number of rotatable bonds is 4. The molecule has 1 aromatic carbocycles. The van der Waals surface area contributed by atoms with Gasteiger partial charge in [0.05, 0.1) is 19.1 Å². The minimum atomic E-state index is 0.0260. The van der Waals surface area contributed by atoms with Crippen LogP contribution in [0.25, 0.3) is 0 Å². The van der Waals surface area contributed by atoms with Crippen molar-refractivity contribution in [2.45, 2.75) is 13.3 Å². The zero-order chi connectivity index (χ0) is 18.7. The SMILES string of the molecule is COc1ccc(C)cc1CC(=O)N1CCN(C(=O)c2ccn(C)c2)CC1. The summed E-state index contributed by atoms with van der Waals surface area (Å²) in [5.74, 6) is 0.834. The highest BCUT2D eigenvalue weighted by atomic mass is 16.5. The van der Waals surface area contributed by atoms with Gasteiger partial charge < -0.3 is 19.1 Å². The molecular weight excluding hydrogens is 330 g/mol. The van der Waals surface area contributed by atoms with Crippen LogP contribution in [0.3, 0.4) is 0 Å². The van der Waals surface area contributed by atoms with Crippen LogP contribution >= 0.6 is 0 Å². The Bertz CT molecular complexity index is 804. The zero-order valence-corrected chi connectivity index (χ0v) is 15.6. The number of methoxy groups -OCH3 is 1. The predicted molar refractivity (Wildman–Crippen MR) is 99.3 cm³/mol. The molecule has 6 heteroatoms. The third-order valence-corrected chi connectivity index (χ3v) is 4.78. The number of ether oxygens (including phenoxy) is 1. The molecule has 1 fully saturated rings. The molecule has 0 N–H and O–H groups in total. The van der Waals surface area contributed by atoms with Gasteiger partial charge in [-0.05, 0) is 19.1 Å². The summed E-state index contributed by atoms with van der Waals surface area (Å²) in [5.41, 5.74) is 2.70. The molecule has 0 radical (unpaired) electrons. The van der Waals surface area contributed by atoms with E-state index in [-0.39, 0.29) is 11.8 Å². The number of carbonyl (C=O) groups is 2. The summed E-state index contributed by atoms with van der Waals surface area (Å²) in [6, 6.07) is 7.69. The molecule has 138 valence electrons. The van der Waals surface area contributed by atoms with E-state index >= 15 is 0 Å². The average molecular weight is 355 g/mol. The Morgan fingerprint density at radius 2 is 1.77 bits per heavy atom. The standard InChI is InChI=1S/C20H25N3O3/c1-15-4-5-18(26-3)17(12-15)13-19(24)22-8-10-23(11-9-22)20(25)16-6-7-21(2)14-16/h4-7,12,14H,8-11,13H2,1-3H3. The molecule has 0 bridgehead atoms. The van der Waals surface area contributed by atoms with Crippen LogP contribution in [-0.2, 0) is 18.3 Å². The lowest BCUT2D eigenvalue weighted by Crippen LogP contribution is -2.51. The third-order valence-electron chi connectivity index (χ3n) is 4.78. The van der Waals surface area contributed by atoms with E-state index in [0.29, 0.717) is 38.2 Å². The summed E-state index contributed by atoms with van der Waals surface area (Å²) >= 11 is 0. The van der Waals surface area contributed by atoms with Gasteiger partial charge in [0.25, 0.3) is 5.91 Å². The van der Waals surface area contributed by atoms with Crippen LogP contribution in [0, 0.1) is 6.92 Å². The first-order valence-corrected chi connectivity index (χ1v) is 8.80. The maximum Gasteiger partial charge on any atom is 0.255 e. The minimum Gasteiger partial charge on any atom is -0.496 e. The van der Waals surface area contributed by atoms with Gasteiger partial charge in [-0.1, -0.05) is 17.7 Å². The first kappa shape index (κ1) is 18.0. The number of nitrogens with zero attached hydrogens (tertiary/aromatic N) is 3. The highest BCUT2D eigenvalue weighted by molar-refractivity contribution is 5.94. The summed E-state index contributed by atoms with van der Waals surface area (Å²) in [4.78, 5) is 28.8. The molecule has 2 heterocycles. The number of hydrogen-bond acceptors (Lipinski definition) is 3. The molecule has 6 nitrogen and oxygen atoms in total. The van der Waals surface area contributed by atoms with Crippen molar-refractivity contribution in [3.8, 4) is 5.75 Å². The Morgan fingerprint density at radius 3 is 2.38 bits per heavy atom. The topological polar surface area (TPSA) is 54.8 Å². The molecule has 0 unspecified atom stereocenters. The van der Waals surface area contributed by atoms with Crippen molar-refractivity contribution in [1.82, 2.24) is 14.4 Å². The summed E-state index contributed by atoms with van der Waals surface area (Å²) in [5, 5.41) is 0. The van der Waals surface area contributed by atoms with E-state index in [0.717, 1.165) is 16.9 Å². The Kier molecular flexibility index (Phi) is 5.30. The van der Waals surface area contributed by atoms with Gasteiger partial charge in [-0.15, -0.1) is 0 Å². The number of hydrogen-bond donors (Lipinski definition) is 0. The van der Waals surface area contributed by atoms with Crippen molar-refractivity contribution in [3.05, 3.63) is 53.3 Å². The number of aromatic nitrogens is 1. The monoisotopic (exact) mass is 355 g/mol. The van der Waals surface area contributed by atoms with Crippen LogP contribution in [0.1, 0.15) is 21.5 Å². The van der Waals surface area contributed by atoms with Crippen molar-refractivity contribution in [3.63, 3.8) is 0 Å². The average Bonchev–Trinajstić information content (AvgIpc) is 3.08. The van der Waals surface area contributed by atoms with E-state index in [1.165, 1.54) is 0 Å². The van der Waals surface area contributed by atoms with Crippen LogP contribution < -0.4 is 4.74 Å². The number of piperazine rings is 1. The van der Waals surface area contributed by atoms with E-state index in [1.54, 1.807) is 7.11 Å². The molecule has 0 spiro atoms. The maximum absolute atomic E-state index is 12.7. The molecule has 2 aromatic rings. The van der Waals surface area contributed by atoms with Gasteiger partial charge in [-0.3, -0.25) is 9.59 Å². The van der Waals surface area contributed by atoms with Crippen LogP contribution in [0.5, 0.6) is 5.75 Å². The van der Waals surface area contributed by atoms with E-state index in [1.807, 2.05) is 65.0 Å². The highest BCUT2D eigenvalue weighted by Gasteiger charge is 2.25. The maximum atomic E-state index is 12.7. The Hall–Kier alpha value is -2.76. The fourth-order valence-corrected chi connectivity index (χ4v) is 3.29. The summed E-state index contributed by atoms with van der Waals surface area (Å²) < 4.78 is 7.23. The second-order valence-corrected chi connectivity index (χ2v) is 6.73. The lowest BCUT2D eigenvalue weighted by Gasteiger charge is -2.34. The summed E-state index contributed by atoms with van der Waals surface area (Å²) in [7, 11) is 3.51. The van der Waals surface area contributed by atoms with Crippen LogP contribution in [0.2, 0.25) is 0 Å². The quantitative estimate of drug-likeness (QED) is 0.841. The fraction of sp³-hybridized carbons (Fsp3) is 0.400. The van der Waals surface area contributed by atoms with Gasteiger partial charge in [-0.2, -0.15) is 0 Å². The molecule has 0 atom stereocenters. The largest absolute Gasteiger partial charge is 0.496 e. The lowest BCUT2D eigenvalue weighted by atomic mass is 10.1. The van der Waals surface area contributed by atoms with Gasteiger partial charge >= 0.3 is 0 Å². The molecule has 1 aliphatic heterocycles. The Balaban J connectivity index is 1.59. The van der Waals surface area contributed by atoms with E-state index < -0.39 is 0 Å². The highest BCUT2D eigenvalue weighted by Crippen LogP contribution is 2.21. The number of amides is 2. The van der Waals surface area contributed by atoms with E-state index in [2.05, 4.69) is 0 Å². The van der Waals surface area contributed by atoms with Crippen molar-refractivity contribution < 1.29 is 14.3 Å². The summed E-state index contributed by atoms with van der Waals surface area (Å²) in [6.07, 6.45) is 4.00. The van der Waals surface area contributed by atoms with Gasteiger partial charge in [0, 0.05) is 51.2 Å². The summed E-state index contributed by atoms with van der Waals surface area (Å²) in [6.45, 7) is 4.24. The predicted octanol–water partition coefficient (Wildman–Crippen LogP) is 1.87. The van der Waals surface area contributed by atoms with Gasteiger partial charge in [0.2, 0.25) is 5.91 Å². The number of carbonyl (C=O) groups excluding carboxylic acids is 2. The van der Waals surface area contributed by atoms with Crippen molar-refractivity contribution in [1.29, 1.82) is 0 Å². The third kappa shape index (κ3) is 3.90. The molecule has 1 aromatic heterocycles. The fourth-order valence-electron chi connectivity index (χ4n) is 3.29. The van der Waals surface area contributed by atoms with E-state index in [4.69, 9.17) is 4.74 Å². The van der Waals surface area contributed by atoms with Crippen molar-refractivity contribution >= 4 is 11.8 Å². The Labute approximate surface area is 154 Å². The van der Waals surface area contributed by atoms with Gasteiger partial charge in [0.1, 0.15) is 5.75 Å². The van der Waals surface area contributed by atoms with Crippen molar-refractivity contribution in [2.75, 3.05) is 33.3 Å². The van der Waals surface area contributed by atoms with Crippen LogP contribution in [-0.4, -0.2) is 59.5 Å². The molecule has 0 aliphatic carbocycles. The molecule has 1 aliphatic rings. The molecule has 26 heavy (non-hydrogen) atoms. The number of aryl methyl sites for hydroxylation is 2. The van der Waals surface area contributed by atoms with Gasteiger partial charge in [-0.25, -0.2) is 0 Å². The lowest BCUT2D eigenvalue weighted by molar-refractivity contribution is -0.131. The first-order valence-electron chi connectivity index (χ1n) is 8.80. The van der Waals surface area contributed by atoms with Crippen molar-refractivity contribution in [2.24, 2.45) is 7.05 Å². The Morgan fingerprint density at radius 1 is 1.08 bits per heavy atom. The second-order valence-electron chi connectivity index (χ2n) is 6.73. The zero-order valence-electron chi connectivity index (χ0n) is 15.6. The smallest absolute Gasteiger partial charge is 0.255 e. The molecular formula is C20H25N3O3. The van der Waals surface area contributed by atoms with Gasteiger partial charge in [0.15, 0.2) is 0 Å².